The molecule has 2 amide bonds. The Morgan fingerprint density at radius 2 is 1.70 bits per heavy atom. The summed E-state index contributed by atoms with van der Waals surface area (Å²) in [6.45, 7) is -0.108. The third kappa shape index (κ3) is 5.65. The number of thiocarbonyl (C=S) groups is 1. The van der Waals surface area contributed by atoms with E-state index >= 15 is 0 Å². The van der Waals surface area contributed by atoms with Crippen LogP contribution in [0, 0.1) is 0 Å². The molecule has 6 nitrogen and oxygen atoms in total. The van der Waals surface area contributed by atoms with Crippen molar-refractivity contribution in [3.05, 3.63) is 48.0 Å². The molecule has 2 aromatic carbocycles. The standard InChI is InChI=1S/C20H24N4O2S/c25-18(12-15-8-5-7-14-6-1-4-11-17(14)15)21-13-19(26)23-24-20(27)22-16-9-2-3-10-16/h1,4-8,11,16H,2-3,9-10,12-13H2,(H,21,25)(H,23,26)(H2,22,24,27). The van der Waals surface area contributed by atoms with Crippen LogP contribution >= 0.6 is 12.2 Å². The van der Waals surface area contributed by atoms with Crippen molar-refractivity contribution in [2.75, 3.05) is 6.54 Å². The fourth-order valence-corrected chi connectivity index (χ4v) is 3.54. The van der Waals surface area contributed by atoms with Gasteiger partial charge in [0.15, 0.2) is 5.11 Å². The molecule has 0 aliphatic heterocycles. The molecule has 0 spiro atoms. The average Bonchev–Trinajstić information content (AvgIpc) is 3.18. The second-order valence-electron chi connectivity index (χ2n) is 6.72. The molecule has 1 aliphatic carbocycles. The van der Waals surface area contributed by atoms with Gasteiger partial charge >= 0.3 is 0 Å². The van der Waals surface area contributed by atoms with Gasteiger partial charge in [0, 0.05) is 6.04 Å². The minimum atomic E-state index is -0.350. The van der Waals surface area contributed by atoms with Crippen molar-refractivity contribution in [3.63, 3.8) is 0 Å². The number of carbonyl (C=O) groups excluding carboxylic acids is 2. The first-order valence-corrected chi connectivity index (χ1v) is 9.61. The summed E-state index contributed by atoms with van der Waals surface area (Å²) in [5, 5.41) is 8.34. The second kappa shape index (κ2) is 9.32. The highest BCUT2D eigenvalue weighted by Gasteiger charge is 2.15. The van der Waals surface area contributed by atoms with Gasteiger partial charge in [0.05, 0.1) is 13.0 Å². The Labute approximate surface area is 164 Å². The number of rotatable bonds is 5. The number of hydrogen-bond donors (Lipinski definition) is 4. The highest BCUT2D eigenvalue weighted by atomic mass is 32.1. The van der Waals surface area contributed by atoms with Crippen molar-refractivity contribution in [1.29, 1.82) is 0 Å². The molecule has 0 radical (unpaired) electrons. The van der Waals surface area contributed by atoms with Crippen LogP contribution in [0.2, 0.25) is 0 Å². The normalized spacial score (nSPS) is 13.9. The van der Waals surface area contributed by atoms with Crippen LogP contribution < -0.4 is 21.5 Å². The highest BCUT2D eigenvalue weighted by molar-refractivity contribution is 7.80. The lowest BCUT2D eigenvalue weighted by Crippen LogP contribution is -2.51. The number of hydrogen-bond acceptors (Lipinski definition) is 3. The van der Waals surface area contributed by atoms with Crippen LogP contribution in [0.3, 0.4) is 0 Å². The Bertz CT molecular complexity index is 828. The van der Waals surface area contributed by atoms with Gasteiger partial charge in [-0.3, -0.25) is 20.4 Å². The number of hydrazine groups is 1. The Balaban J connectivity index is 1.40. The highest BCUT2D eigenvalue weighted by Crippen LogP contribution is 2.19. The Kier molecular flexibility index (Phi) is 6.59. The zero-order valence-corrected chi connectivity index (χ0v) is 15.9. The van der Waals surface area contributed by atoms with Gasteiger partial charge in [-0.05, 0) is 41.4 Å². The molecule has 0 bridgehead atoms. The summed E-state index contributed by atoms with van der Waals surface area (Å²) in [7, 11) is 0. The molecule has 4 N–H and O–H groups in total. The van der Waals surface area contributed by atoms with Gasteiger partial charge in [-0.2, -0.15) is 0 Å². The van der Waals surface area contributed by atoms with Crippen molar-refractivity contribution >= 4 is 39.9 Å². The largest absolute Gasteiger partial charge is 0.359 e. The van der Waals surface area contributed by atoms with E-state index in [1.54, 1.807) is 0 Å². The Morgan fingerprint density at radius 1 is 0.963 bits per heavy atom. The van der Waals surface area contributed by atoms with Crippen LogP contribution in [0.5, 0.6) is 0 Å². The molecule has 3 rings (SSSR count). The molecule has 0 aromatic heterocycles. The summed E-state index contributed by atoms with van der Waals surface area (Å²) in [4.78, 5) is 24.1. The number of fused-ring (bicyclic) bond motifs is 1. The SMILES string of the molecule is O=C(Cc1cccc2ccccc12)NCC(=O)NNC(=S)NC1CCCC1. The van der Waals surface area contributed by atoms with Crippen LogP contribution in [0.15, 0.2) is 42.5 Å². The molecule has 0 atom stereocenters. The van der Waals surface area contributed by atoms with E-state index in [4.69, 9.17) is 12.2 Å². The predicted molar refractivity (Wildman–Crippen MR) is 110 cm³/mol. The summed E-state index contributed by atoms with van der Waals surface area (Å²) < 4.78 is 0. The number of nitrogens with one attached hydrogen (secondary N) is 4. The molecule has 0 heterocycles. The van der Waals surface area contributed by atoms with Crippen LogP contribution in [0.4, 0.5) is 0 Å². The maximum Gasteiger partial charge on any atom is 0.257 e. The first-order chi connectivity index (χ1) is 13.1. The number of benzene rings is 2. The van der Waals surface area contributed by atoms with E-state index in [0.717, 1.165) is 29.2 Å². The van der Waals surface area contributed by atoms with Crippen molar-refractivity contribution in [2.45, 2.75) is 38.1 Å². The van der Waals surface area contributed by atoms with Crippen LogP contribution in [0.1, 0.15) is 31.2 Å². The van der Waals surface area contributed by atoms with E-state index in [1.165, 1.54) is 12.8 Å². The van der Waals surface area contributed by atoms with Gasteiger partial charge in [0.1, 0.15) is 0 Å². The van der Waals surface area contributed by atoms with Crippen molar-refractivity contribution in [1.82, 2.24) is 21.5 Å². The Morgan fingerprint density at radius 3 is 2.52 bits per heavy atom. The maximum atomic E-state index is 12.2. The second-order valence-corrected chi connectivity index (χ2v) is 7.13. The molecular formula is C20H24N4O2S. The van der Waals surface area contributed by atoms with Crippen LogP contribution in [0.25, 0.3) is 10.8 Å². The maximum absolute atomic E-state index is 12.2. The molecule has 0 unspecified atom stereocenters. The number of carbonyl (C=O) groups is 2. The lowest BCUT2D eigenvalue weighted by Gasteiger charge is -2.16. The van der Waals surface area contributed by atoms with Gasteiger partial charge in [0.25, 0.3) is 5.91 Å². The molecule has 27 heavy (non-hydrogen) atoms. The predicted octanol–water partition coefficient (Wildman–Crippen LogP) is 1.94. The van der Waals surface area contributed by atoms with E-state index in [0.29, 0.717) is 11.2 Å². The zero-order chi connectivity index (χ0) is 19.1. The third-order valence-electron chi connectivity index (χ3n) is 4.68. The lowest BCUT2D eigenvalue weighted by atomic mass is 10.0. The summed E-state index contributed by atoms with van der Waals surface area (Å²) in [6, 6.07) is 14.2. The molecule has 1 aliphatic rings. The monoisotopic (exact) mass is 384 g/mol. The molecule has 142 valence electrons. The van der Waals surface area contributed by atoms with Crippen molar-refractivity contribution < 1.29 is 9.59 Å². The minimum absolute atomic E-state index is 0.108. The van der Waals surface area contributed by atoms with Gasteiger partial charge < -0.3 is 10.6 Å². The van der Waals surface area contributed by atoms with E-state index in [2.05, 4.69) is 21.5 Å². The summed E-state index contributed by atoms with van der Waals surface area (Å²) in [5.74, 6) is -0.551. The molecular weight excluding hydrogens is 360 g/mol. The molecule has 1 fully saturated rings. The smallest absolute Gasteiger partial charge is 0.257 e. The summed E-state index contributed by atoms with van der Waals surface area (Å²) in [6.07, 6.45) is 4.83. The van der Waals surface area contributed by atoms with Gasteiger partial charge in [0.2, 0.25) is 5.91 Å². The Hall–Kier alpha value is -2.67. The summed E-state index contributed by atoms with van der Waals surface area (Å²) >= 11 is 5.15. The molecule has 0 saturated heterocycles. The van der Waals surface area contributed by atoms with Crippen molar-refractivity contribution in [3.8, 4) is 0 Å². The minimum Gasteiger partial charge on any atom is -0.359 e. The number of amides is 2. The van der Waals surface area contributed by atoms with E-state index in [-0.39, 0.29) is 24.8 Å². The first kappa shape index (κ1) is 19.1. The molecule has 2 aromatic rings. The van der Waals surface area contributed by atoms with Crippen LogP contribution in [-0.4, -0.2) is 29.5 Å². The zero-order valence-electron chi connectivity index (χ0n) is 15.1. The van der Waals surface area contributed by atoms with E-state index in [9.17, 15) is 9.59 Å². The summed E-state index contributed by atoms with van der Waals surface area (Å²) in [5.41, 5.74) is 6.11. The van der Waals surface area contributed by atoms with Crippen molar-refractivity contribution in [2.24, 2.45) is 0 Å². The van der Waals surface area contributed by atoms with Gasteiger partial charge in [-0.1, -0.05) is 55.3 Å². The fraction of sp³-hybridized carbons (Fsp3) is 0.350. The van der Waals surface area contributed by atoms with Crippen LogP contribution in [-0.2, 0) is 16.0 Å². The average molecular weight is 385 g/mol. The molecule has 1 saturated carbocycles. The quantitative estimate of drug-likeness (QED) is 0.468. The third-order valence-corrected chi connectivity index (χ3v) is 4.90. The van der Waals surface area contributed by atoms with E-state index < -0.39 is 0 Å². The van der Waals surface area contributed by atoms with Gasteiger partial charge in [-0.25, -0.2) is 0 Å². The van der Waals surface area contributed by atoms with E-state index in [1.807, 2.05) is 42.5 Å². The lowest BCUT2D eigenvalue weighted by molar-refractivity contribution is -0.126. The topological polar surface area (TPSA) is 82.3 Å². The molecule has 7 heteroatoms. The van der Waals surface area contributed by atoms with Gasteiger partial charge in [-0.15, -0.1) is 0 Å². The first-order valence-electron chi connectivity index (χ1n) is 9.20. The fourth-order valence-electron chi connectivity index (χ4n) is 3.32.